The maximum Gasteiger partial charge on any atom is 0.336 e. The fourth-order valence-corrected chi connectivity index (χ4v) is 4.49. The minimum Gasteiger partial charge on any atom is -0.478 e. The Morgan fingerprint density at radius 1 is 1.23 bits per heavy atom. The third-order valence-corrected chi connectivity index (χ3v) is 6.19. The summed E-state index contributed by atoms with van der Waals surface area (Å²) in [7, 11) is 0. The molecule has 4 rings (SSSR count). The number of nitrogens with zero attached hydrogens (tertiary/aromatic N) is 2. The second-order valence-electron chi connectivity index (χ2n) is 7.20. The second-order valence-corrected chi connectivity index (χ2v) is 7.99. The molecule has 31 heavy (non-hydrogen) atoms. The van der Waals surface area contributed by atoms with Crippen LogP contribution in [0.4, 0.5) is 0 Å². The van der Waals surface area contributed by atoms with E-state index in [-0.39, 0.29) is 5.56 Å². The summed E-state index contributed by atoms with van der Waals surface area (Å²) in [6.45, 7) is 4.64. The number of carbonyl (C=O) groups is 2. The van der Waals surface area contributed by atoms with Crippen LogP contribution in [0.2, 0.25) is 0 Å². The number of carboxylic acids is 1. The number of hydrogen-bond donors (Lipinski definition) is 1. The maximum atomic E-state index is 11.7. The molecule has 0 atom stereocenters. The third kappa shape index (κ3) is 3.70. The van der Waals surface area contributed by atoms with Gasteiger partial charge in [-0.3, -0.25) is 9.48 Å². The normalized spacial score (nSPS) is 11.2. The fraction of sp³-hybridized carbons (Fsp3) is 0.208. The molecule has 2 aromatic carbocycles. The van der Waals surface area contributed by atoms with Crippen molar-refractivity contribution in [3.05, 3.63) is 75.0 Å². The number of halogens is 1. The Morgan fingerprint density at radius 3 is 2.68 bits per heavy atom. The maximum absolute atomic E-state index is 11.7. The molecule has 0 fully saturated rings. The first kappa shape index (κ1) is 21.1. The first-order chi connectivity index (χ1) is 15.0. The predicted octanol–water partition coefficient (Wildman–Crippen LogP) is 5.74. The summed E-state index contributed by atoms with van der Waals surface area (Å²) in [5.74, 6) is -0.531. The summed E-state index contributed by atoms with van der Waals surface area (Å²) in [4.78, 5) is 23.3. The first-order valence-electron chi connectivity index (χ1n) is 10.1. The molecular weight excluding hydrogens is 460 g/mol. The molecule has 0 aliphatic rings. The van der Waals surface area contributed by atoms with E-state index in [4.69, 9.17) is 4.42 Å². The zero-order valence-electron chi connectivity index (χ0n) is 17.2. The molecule has 0 amide bonds. The summed E-state index contributed by atoms with van der Waals surface area (Å²) < 4.78 is 8.46. The number of aryl methyl sites for hydroxylation is 2. The van der Waals surface area contributed by atoms with Gasteiger partial charge in [0.2, 0.25) is 0 Å². The van der Waals surface area contributed by atoms with Gasteiger partial charge in [-0.05, 0) is 53.0 Å². The molecule has 2 aromatic heterocycles. The molecule has 2 heterocycles. The van der Waals surface area contributed by atoms with Gasteiger partial charge in [-0.2, -0.15) is 5.10 Å². The third-order valence-electron chi connectivity index (χ3n) is 5.40. The van der Waals surface area contributed by atoms with E-state index in [2.05, 4.69) is 21.0 Å². The molecule has 7 heteroatoms. The van der Waals surface area contributed by atoms with Crippen molar-refractivity contribution in [2.75, 3.05) is 0 Å². The monoisotopic (exact) mass is 480 g/mol. The lowest BCUT2D eigenvalue weighted by atomic mass is 10.0. The number of aldehydes is 1. The highest BCUT2D eigenvalue weighted by atomic mass is 79.9. The van der Waals surface area contributed by atoms with Gasteiger partial charge in [0.25, 0.3) is 0 Å². The molecule has 0 saturated heterocycles. The topological polar surface area (TPSA) is 85.3 Å². The van der Waals surface area contributed by atoms with Gasteiger partial charge >= 0.3 is 5.97 Å². The summed E-state index contributed by atoms with van der Waals surface area (Å²) in [6, 6.07) is 12.6. The van der Waals surface area contributed by atoms with E-state index in [1.54, 1.807) is 28.9 Å². The van der Waals surface area contributed by atoms with Gasteiger partial charge in [-0.15, -0.1) is 0 Å². The summed E-state index contributed by atoms with van der Waals surface area (Å²) >= 11 is 3.60. The van der Waals surface area contributed by atoms with E-state index >= 15 is 0 Å². The summed E-state index contributed by atoms with van der Waals surface area (Å²) in [5, 5.41) is 14.9. The Hall–Kier alpha value is -3.19. The number of hydrogen-bond acceptors (Lipinski definition) is 4. The number of carbonyl (C=O) groups excluding carboxylic acids is 1. The van der Waals surface area contributed by atoms with E-state index in [9.17, 15) is 14.7 Å². The van der Waals surface area contributed by atoms with Crippen LogP contribution in [-0.4, -0.2) is 27.1 Å². The van der Waals surface area contributed by atoms with Gasteiger partial charge in [-0.25, -0.2) is 4.79 Å². The zero-order valence-corrected chi connectivity index (χ0v) is 18.8. The molecule has 0 radical (unpaired) electrons. The average molecular weight is 481 g/mol. The van der Waals surface area contributed by atoms with Crippen molar-refractivity contribution in [3.8, 4) is 11.3 Å². The Labute approximate surface area is 187 Å². The van der Waals surface area contributed by atoms with Crippen molar-refractivity contribution < 1.29 is 19.1 Å². The number of aromatic carboxylic acids is 1. The van der Waals surface area contributed by atoms with Crippen LogP contribution in [0.25, 0.3) is 22.3 Å². The standard InChI is InChI=1S/C24H21BrN2O4/c1-3-19-17(20(13-28)27(4-2)26-19)11-14-9-10-21-18(12-14)22(25)23(31-21)15-7-5-6-8-16(15)24(29)30/h5-10,12-13H,3-4,11H2,1-2H3,(H,29,30). The van der Waals surface area contributed by atoms with Crippen molar-refractivity contribution >= 4 is 39.2 Å². The molecule has 0 bridgehead atoms. The molecule has 6 nitrogen and oxygen atoms in total. The van der Waals surface area contributed by atoms with Gasteiger partial charge in [-0.1, -0.05) is 31.2 Å². The van der Waals surface area contributed by atoms with E-state index in [1.807, 2.05) is 32.0 Å². The van der Waals surface area contributed by atoms with Crippen molar-refractivity contribution in [1.82, 2.24) is 9.78 Å². The smallest absolute Gasteiger partial charge is 0.336 e. The molecule has 0 unspecified atom stereocenters. The average Bonchev–Trinajstić information content (AvgIpc) is 3.30. The summed E-state index contributed by atoms with van der Waals surface area (Å²) in [5.41, 5.74) is 4.84. The van der Waals surface area contributed by atoms with Crippen LogP contribution in [-0.2, 0) is 19.4 Å². The number of furan rings is 1. The number of fused-ring (bicyclic) bond motifs is 1. The van der Waals surface area contributed by atoms with Crippen LogP contribution in [0, 0.1) is 0 Å². The Bertz CT molecular complexity index is 1300. The zero-order chi connectivity index (χ0) is 22.1. The number of aromatic nitrogens is 2. The molecule has 0 spiro atoms. The van der Waals surface area contributed by atoms with Crippen molar-refractivity contribution in [3.63, 3.8) is 0 Å². The lowest BCUT2D eigenvalue weighted by molar-refractivity contribution is 0.0697. The van der Waals surface area contributed by atoms with Crippen LogP contribution in [0.1, 0.15) is 51.5 Å². The lowest BCUT2D eigenvalue weighted by Gasteiger charge is -2.04. The van der Waals surface area contributed by atoms with Gasteiger partial charge in [0.05, 0.1) is 15.7 Å². The quantitative estimate of drug-likeness (QED) is 0.340. The van der Waals surface area contributed by atoms with E-state index < -0.39 is 5.97 Å². The highest BCUT2D eigenvalue weighted by molar-refractivity contribution is 9.10. The highest BCUT2D eigenvalue weighted by Gasteiger charge is 2.21. The van der Waals surface area contributed by atoms with E-state index in [0.717, 1.165) is 34.9 Å². The van der Waals surface area contributed by atoms with Gasteiger partial charge in [0.15, 0.2) is 6.29 Å². The molecule has 0 saturated carbocycles. The number of rotatable bonds is 7. The minimum atomic E-state index is -1.01. The minimum absolute atomic E-state index is 0.178. The van der Waals surface area contributed by atoms with Crippen LogP contribution in [0.15, 0.2) is 51.4 Å². The van der Waals surface area contributed by atoms with Gasteiger partial charge in [0.1, 0.15) is 17.0 Å². The van der Waals surface area contributed by atoms with Gasteiger partial charge in [0, 0.05) is 29.5 Å². The van der Waals surface area contributed by atoms with E-state index in [0.29, 0.717) is 40.0 Å². The van der Waals surface area contributed by atoms with Crippen molar-refractivity contribution in [2.24, 2.45) is 0 Å². The van der Waals surface area contributed by atoms with Gasteiger partial charge < -0.3 is 9.52 Å². The van der Waals surface area contributed by atoms with Crippen LogP contribution in [0.5, 0.6) is 0 Å². The largest absolute Gasteiger partial charge is 0.478 e. The van der Waals surface area contributed by atoms with Crippen LogP contribution in [0.3, 0.4) is 0 Å². The summed E-state index contributed by atoms with van der Waals surface area (Å²) in [6.07, 6.45) is 2.20. The Kier molecular flexibility index (Phi) is 5.78. The van der Waals surface area contributed by atoms with Crippen LogP contribution < -0.4 is 0 Å². The number of carboxylic acid groups (broad SMARTS) is 1. The Balaban J connectivity index is 1.79. The highest BCUT2D eigenvalue weighted by Crippen LogP contribution is 2.39. The molecule has 1 N–H and O–H groups in total. The molecule has 0 aliphatic carbocycles. The van der Waals surface area contributed by atoms with Crippen molar-refractivity contribution in [1.29, 1.82) is 0 Å². The molecular formula is C24H21BrN2O4. The Morgan fingerprint density at radius 2 is 2.00 bits per heavy atom. The SMILES string of the molecule is CCc1nn(CC)c(C=O)c1Cc1ccc2oc(-c3ccccc3C(=O)O)c(Br)c2c1. The number of benzene rings is 2. The van der Waals surface area contributed by atoms with E-state index in [1.165, 1.54) is 0 Å². The molecule has 4 aromatic rings. The fourth-order valence-electron chi connectivity index (χ4n) is 3.88. The van der Waals surface area contributed by atoms with Crippen molar-refractivity contribution in [2.45, 2.75) is 33.2 Å². The second kappa shape index (κ2) is 8.51. The predicted molar refractivity (Wildman–Crippen MR) is 122 cm³/mol. The first-order valence-corrected chi connectivity index (χ1v) is 10.8. The molecule has 0 aliphatic heterocycles. The molecule has 158 valence electrons. The van der Waals surface area contributed by atoms with Crippen LogP contribution >= 0.6 is 15.9 Å². The lowest BCUT2D eigenvalue weighted by Crippen LogP contribution is -2.03.